The molecule has 1 aromatic heterocycles. The van der Waals surface area contributed by atoms with Crippen molar-refractivity contribution in [2.75, 3.05) is 18.6 Å². The lowest BCUT2D eigenvalue weighted by atomic mass is 10.0. The van der Waals surface area contributed by atoms with Crippen LogP contribution in [0.15, 0.2) is 60.8 Å². The number of aryl methyl sites for hydroxylation is 2. The molecule has 0 N–H and O–H groups in total. The van der Waals surface area contributed by atoms with Gasteiger partial charge in [0, 0.05) is 37.1 Å². The number of ether oxygens (including phenoxy) is 1. The van der Waals surface area contributed by atoms with Crippen LogP contribution < -0.4 is 9.64 Å². The van der Waals surface area contributed by atoms with Crippen LogP contribution >= 0.6 is 0 Å². The summed E-state index contributed by atoms with van der Waals surface area (Å²) in [5.74, 6) is 0.778. The van der Waals surface area contributed by atoms with Crippen molar-refractivity contribution in [1.82, 2.24) is 14.3 Å². The second kappa shape index (κ2) is 10.4. The molecule has 2 aromatic carbocycles. The van der Waals surface area contributed by atoms with Gasteiger partial charge in [0.25, 0.3) is 0 Å². The molecule has 0 bridgehead atoms. The standard InChI is InChI=1S/C25H27F3N4O3S/c1-18-7-6-10-22-21(18)16-31(36(33,34)25(26,27)28)15-20(12-11-19-8-4-3-5-9-19)32(22)17-23-29-14-13-24(30-23)35-2/h3-10,13-14,20H,11-12,15-17H2,1-2H3. The normalized spacial score (nSPS) is 16.9. The number of nitrogens with zero attached hydrogens (tertiary/aromatic N) is 4. The Morgan fingerprint density at radius 1 is 1.08 bits per heavy atom. The first kappa shape index (κ1) is 25.9. The molecular formula is C25H27F3N4O3S. The van der Waals surface area contributed by atoms with E-state index < -0.39 is 21.6 Å². The lowest BCUT2D eigenvalue weighted by Gasteiger charge is -2.34. The first-order valence-corrected chi connectivity index (χ1v) is 12.9. The largest absolute Gasteiger partial charge is 0.511 e. The highest BCUT2D eigenvalue weighted by molar-refractivity contribution is 7.89. The third-order valence-electron chi connectivity index (χ3n) is 6.33. The van der Waals surface area contributed by atoms with Gasteiger partial charge in [-0.2, -0.15) is 22.5 Å². The van der Waals surface area contributed by atoms with Crippen LogP contribution in [0.2, 0.25) is 0 Å². The van der Waals surface area contributed by atoms with Crippen molar-refractivity contribution >= 4 is 15.7 Å². The summed E-state index contributed by atoms with van der Waals surface area (Å²) < 4.78 is 71.9. The zero-order chi connectivity index (χ0) is 25.9. The van der Waals surface area contributed by atoms with E-state index in [9.17, 15) is 21.6 Å². The minimum atomic E-state index is -5.55. The van der Waals surface area contributed by atoms with Crippen molar-refractivity contribution in [2.24, 2.45) is 0 Å². The number of benzene rings is 2. The second-order valence-corrected chi connectivity index (χ2v) is 10.6. The van der Waals surface area contributed by atoms with Gasteiger partial charge in [0.05, 0.1) is 13.7 Å². The number of alkyl halides is 3. The Bertz CT molecular complexity index is 1300. The molecule has 2 heterocycles. The molecule has 0 fully saturated rings. The van der Waals surface area contributed by atoms with Gasteiger partial charge in [0.15, 0.2) is 5.82 Å². The second-order valence-electron chi connectivity index (χ2n) is 8.64. The van der Waals surface area contributed by atoms with E-state index >= 15 is 0 Å². The average molecular weight is 521 g/mol. The van der Waals surface area contributed by atoms with E-state index in [-0.39, 0.29) is 19.6 Å². The summed E-state index contributed by atoms with van der Waals surface area (Å²) >= 11 is 0. The molecule has 0 spiro atoms. The van der Waals surface area contributed by atoms with Gasteiger partial charge in [-0.1, -0.05) is 42.5 Å². The molecular weight excluding hydrogens is 493 g/mol. The maximum atomic E-state index is 13.7. The molecule has 0 amide bonds. The molecule has 192 valence electrons. The molecule has 1 aliphatic heterocycles. The van der Waals surface area contributed by atoms with Crippen molar-refractivity contribution < 1.29 is 26.3 Å². The summed E-state index contributed by atoms with van der Waals surface area (Å²) in [6, 6.07) is 16.0. The highest BCUT2D eigenvalue weighted by atomic mass is 32.2. The Morgan fingerprint density at radius 3 is 2.53 bits per heavy atom. The van der Waals surface area contributed by atoms with Crippen LogP contribution in [0.5, 0.6) is 5.88 Å². The highest BCUT2D eigenvalue weighted by Crippen LogP contribution is 2.37. The van der Waals surface area contributed by atoms with Gasteiger partial charge in [0.1, 0.15) is 0 Å². The molecule has 0 radical (unpaired) electrons. The third kappa shape index (κ3) is 5.46. The summed E-state index contributed by atoms with van der Waals surface area (Å²) in [5, 5.41) is 0. The topological polar surface area (TPSA) is 75.6 Å². The Hall–Kier alpha value is -3.18. The predicted octanol–water partition coefficient (Wildman–Crippen LogP) is 4.47. The zero-order valence-electron chi connectivity index (χ0n) is 19.9. The fourth-order valence-corrected chi connectivity index (χ4v) is 5.38. The Labute approximate surface area is 208 Å². The van der Waals surface area contributed by atoms with Gasteiger partial charge >= 0.3 is 15.5 Å². The van der Waals surface area contributed by atoms with E-state index in [1.54, 1.807) is 25.3 Å². The lowest BCUT2D eigenvalue weighted by molar-refractivity contribution is -0.0492. The maximum Gasteiger partial charge on any atom is 0.511 e. The number of hydrogen-bond donors (Lipinski definition) is 0. The summed E-state index contributed by atoms with van der Waals surface area (Å²) in [6.45, 7) is 1.24. The van der Waals surface area contributed by atoms with E-state index in [0.717, 1.165) is 5.56 Å². The molecule has 0 saturated carbocycles. The molecule has 0 saturated heterocycles. The fourth-order valence-electron chi connectivity index (χ4n) is 4.42. The Kier molecular flexibility index (Phi) is 7.51. The molecule has 36 heavy (non-hydrogen) atoms. The van der Waals surface area contributed by atoms with Crippen LogP contribution in [0, 0.1) is 6.92 Å². The maximum absolute atomic E-state index is 13.7. The van der Waals surface area contributed by atoms with Crippen LogP contribution in [-0.4, -0.2) is 47.9 Å². The van der Waals surface area contributed by atoms with E-state index in [4.69, 9.17) is 4.74 Å². The van der Waals surface area contributed by atoms with Gasteiger partial charge < -0.3 is 9.64 Å². The number of sulfonamides is 1. The Balaban J connectivity index is 1.79. The van der Waals surface area contributed by atoms with E-state index in [1.165, 1.54) is 7.11 Å². The van der Waals surface area contributed by atoms with Crippen molar-refractivity contribution in [1.29, 1.82) is 0 Å². The lowest BCUT2D eigenvalue weighted by Crippen LogP contribution is -2.47. The number of hydrogen-bond acceptors (Lipinski definition) is 6. The number of halogens is 3. The van der Waals surface area contributed by atoms with Gasteiger partial charge in [0.2, 0.25) is 5.88 Å². The first-order valence-electron chi connectivity index (χ1n) is 11.4. The van der Waals surface area contributed by atoms with E-state index in [0.29, 0.717) is 45.7 Å². The van der Waals surface area contributed by atoms with Crippen LogP contribution in [0.1, 0.15) is 28.9 Å². The van der Waals surface area contributed by atoms with Crippen molar-refractivity contribution in [3.63, 3.8) is 0 Å². The van der Waals surface area contributed by atoms with Crippen molar-refractivity contribution in [3.05, 3.63) is 83.3 Å². The predicted molar refractivity (Wildman–Crippen MR) is 130 cm³/mol. The summed E-state index contributed by atoms with van der Waals surface area (Å²) in [7, 11) is -4.06. The summed E-state index contributed by atoms with van der Waals surface area (Å²) in [6.07, 6.45) is 2.53. The van der Waals surface area contributed by atoms with Crippen LogP contribution in [0.3, 0.4) is 0 Å². The van der Waals surface area contributed by atoms with Crippen molar-refractivity contribution in [2.45, 2.75) is 44.4 Å². The summed E-state index contributed by atoms with van der Waals surface area (Å²) in [5.41, 5.74) is -2.50. The third-order valence-corrected chi connectivity index (χ3v) is 7.87. The highest BCUT2D eigenvalue weighted by Gasteiger charge is 2.51. The van der Waals surface area contributed by atoms with Crippen molar-refractivity contribution in [3.8, 4) is 5.88 Å². The Morgan fingerprint density at radius 2 is 1.83 bits per heavy atom. The molecule has 1 aliphatic rings. The number of aromatic nitrogens is 2. The molecule has 1 atom stereocenters. The molecule has 4 rings (SSSR count). The fraction of sp³-hybridized carbons (Fsp3) is 0.360. The van der Waals surface area contributed by atoms with E-state index in [2.05, 4.69) is 9.97 Å². The molecule has 1 unspecified atom stereocenters. The molecule has 0 aliphatic carbocycles. The van der Waals surface area contributed by atoms with Gasteiger partial charge in [-0.15, -0.1) is 0 Å². The average Bonchev–Trinajstić information content (AvgIpc) is 3.01. The van der Waals surface area contributed by atoms with Gasteiger partial charge in [-0.25, -0.2) is 13.4 Å². The SMILES string of the molecule is COc1ccnc(CN2c3cccc(C)c3CN(S(=O)(=O)C(F)(F)F)CC2CCc2ccccc2)n1. The molecule has 11 heteroatoms. The minimum absolute atomic E-state index is 0.174. The summed E-state index contributed by atoms with van der Waals surface area (Å²) in [4.78, 5) is 10.6. The number of rotatable bonds is 7. The van der Waals surface area contributed by atoms with E-state index in [1.807, 2.05) is 47.4 Å². The van der Waals surface area contributed by atoms with Crippen LogP contribution in [0.4, 0.5) is 18.9 Å². The first-order chi connectivity index (χ1) is 17.1. The van der Waals surface area contributed by atoms with Crippen LogP contribution in [0.25, 0.3) is 0 Å². The number of fused-ring (bicyclic) bond motifs is 1. The molecule has 7 nitrogen and oxygen atoms in total. The quantitative estimate of drug-likeness (QED) is 0.458. The van der Waals surface area contributed by atoms with Gasteiger partial charge in [-0.05, 0) is 42.5 Å². The van der Waals surface area contributed by atoms with Crippen LogP contribution in [-0.2, 0) is 29.5 Å². The zero-order valence-corrected chi connectivity index (χ0v) is 20.8. The number of methoxy groups -OCH3 is 1. The smallest absolute Gasteiger partial charge is 0.481 e. The molecule has 3 aromatic rings. The monoisotopic (exact) mass is 520 g/mol. The minimum Gasteiger partial charge on any atom is -0.481 e. The van der Waals surface area contributed by atoms with Gasteiger partial charge in [-0.3, -0.25) is 0 Å². The number of anilines is 1.